The molecule has 1 heterocycles. The number of nitrogens with zero attached hydrogens (tertiary/aromatic N) is 1. The number of hydrogen-bond acceptors (Lipinski definition) is 2. The molecular weight excluding hydrogens is 245 g/mol. The SMILES string of the molecule is CC1(O)CCN(C(=O)c2ccc(F)cc2Cl)C1. The quantitative estimate of drug-likeness (QED) is 0.837. The molecule has 92 valence electrons. The molecule has 1 aromatic carbocycles. The summed E-state index contributed by atoms with van der Waals surface area (Å²) in [6.45, 7) is 2.45. The third-order valence-electron chi connectivity index (χ3n) is 2.90. The molecule has 0 bridgehead atoms. The average molecular weight is 258 g/mol. The number of benzene rings is 1. The minimum atomic E-state index is -0.845. The van der Waals surface area contributed by atoms with E-state index >= 15 is 0 Å². The molecule has 0 aromatic heterocycles. The van der Waals surface area contributed by atoms with Gasteiger partial charge in [-0.1, -0.05) is 11.6 Å². The Morgan fingerprint density at radius 3 is 2.82 bits per heavy atom. The molecule has 1 unspecified atom stereocenters. The zero-order valence-electron chi connectivity index (χ0n) is 9.41. The first-order chi connectivity index (χ1) is 7.89. The van der Waals surface area contributed by atoms with Crippen molar-refractivity contribution < 1.29 is 14.3 Å². The number of halogens is 2. The van der Waals surface area contributed by atoms with Crippen LogP contribution in [0.15, 0.2) is 18.2 Å². The van der Waals surface area contributed by atoms with Crippen LogP contribution in [-0.4, -0.2) is 34.6 Å². The van der Waals surface area contributed by atoms with Crippen molar-refractivity contribution in [2.45, 2.75) is 18.9 Å². The molecule has 5 heteroatoms. The van der Waals surface area contributed by atoms with Crippen molar-refractivity contribution in [3.63, 3.8) is 0 Å². The second-order valence-electron chi connectivity index (χ2n) is 4.60. The minimum absolute atomic E-state index is 0.0987. The Labute approximate surface area is 104 Å². The van der Waals surface area contributed by atoms with Gasteiger partial charge in [-0.3, -0.25) is 4.79 Å². The van der Waals surface area contributed by atoms with Crippen molar-refractivity contribution in [1.82, 2.24) is 4.90 Å². The van der Waals surface area contributed by atoms with Gasteiger partial charge in [0.05, 0.1) is 16.2 Å². The zero-order valence-corrected chi connectivity index (χ0v) is 10.2. The van der Waals surface area contributed by atoms with Gasteiger partial charge in [-0.15, -0.1) is 0 Å². The van der Waals surface area contributed by atoms with Crippen LogP contribution >= 0.6 is 11.6 Å². The van der Waals surface area contributed by atoms with Crippen molar-refractivity contribution in [2.75, 3.05) is 13.1 Å². The molecule has 1 amide bonds. The monoisotopic (exact) mass is 257 g/mol. The summed E-state index contributed by atoms with van der Waals surface area (Å²) in [5, 5.41) is 9.89. The second-order valence-corrected chi connectivity index (χ2v) is 5.01. The number of hydrogen-bond donors (Lipinski definition) is 1. The molecule has 1 atom stereocenters. The van der Waals surface area contributed by atoms with Crippen LogP contribution in [0.2, 0.25) is 5.02 Å². The van der Waals surface area contributed by atoms with E-state index in [1.54, 1.807) is 6.92 Å². The molecule has 0 spiro atoms. The molecule has 1 aliphatic heterocycles. The molecule has 0 radical (unpaired) electrons. The van der Waals surface area contributed by atoms with E-state index in [0.717, 1.165) is 6.07 Å². The maximum Gasteiger partial charge on any atom is 0.255 e. The smallest absolute Gasteiger partial charge is 0.255 e. The minimum Gasteiger partial charge on any atom is -0.388 e. The van der Waals surface area contributed by atoms with Crippen molar-refractivity contribution >= 4 is 17.5 Å². The Morgan fingerprint density at radius 2 is 2.29 bits per heavy atom. The third-order valence-corrected chi connectivity index (χ3v) is 3.21. The molecule has 3 nitrogen and oxygen atoms in total. The molecule has 1 N–H and O–H groups in total. The van der Waals surface area contributed by atoms with Gasteiger partial charge in [0.15, 0.2) is 0 Å². The Kier molecular flexibility index (Phi) is 3.10. The lowest BCUT2D eigenvalue weighted by molar-refractivity contribution is 0.0572. The van der Waals surface area contributed by atoms with Crippen LogP contribution in [0.5, 0.6) is 0 Å². The Morgan fingerprint density at radius 1 is 1.59 bits per heavy atom. The zero-order chi connectivity index (χ0) is 12.6. The predicted molar refractivity (Wildman–Crippen MR) is 62.6 cm³/mol. The first-order valence-corrected chi connectivity index (χ1v) is 5.73. The van der Waals surface area contributed by atoms with E-state index < -0.39 is 11.4 Å². The summed E-state index contributed by atoms with van der Waals surface area (Å²) in [6, 6.07) is 3.68. The van der Waals surface area contributed by atoms with Crippen LogP contribution in [0.4, 0.5) is 4.39 Å². The van der Waals surface area contributed by atoms with Crippen molar-refractivity contribution in [2.24, 2.45) is 0 Å². The van der Waals surface area contributed by atoms with Gasteiger partial charge in [0.25, 0.3) is 5.91 Å². The standard InChI is InChI=1S/C12H13ClFNO2/c1-12(17)4-5-15(7-12)11(16)9-3-2-8(14)6-10(9)13/h2-3,6,17H,4-5,7H2,1H3. The van der Waals surface area contributed by atoms with E-state index in [1.807, 2.05) is 0 Å². The lowest BCUT2D eigenvalue weighted by Gasteiger charge is -2.19. The average Bonchev–Trinajstić information content (AvgIpc) is 2.58. The highest BCUT2D eigenvalue weighted by Crippen LogP contribution is 2.25. The van der Waals surface area contributed by atoms with Gasteiger partial charge in [0.2, 0.25) is 0 Å². The Balaban J connectivity index is 2.21. The van der Waals surface area contributed by atoms with Gasteiger partial charge >= 0.3 is 0 Å². The van der Waals surface area contributed by atoms with E-state index in [-0.39, 0.29) is 23.0 Å². The number of aliphatic hydroxyl groups is 1. The molecule has 1 fully saturated rings. The molecule has 1 saturated heterocycles. The number of likely N-dealkylation sites (tertiary alicyclic amines) is 1. The Bertz CT molecular complexity index is 462. The lowest BCUT2D eigenvalue weighted by Crippen LogP contribution is -2.34. The molecule has 1 aromatic rings. The van der Waals surface area contributed by atoms with Crippen LogP contribution in [0.25, 0.3) is 0 Å². The van der Waals surface area contributed by atoms with Gasteiger partial charge in [0, 0.05) is 13.1 Å². The number of amides is 1. The largest absolute Gasteiger partial charge is 0.388 e. The highest BCUT2D eigenvalue weighted by atomic mass is 35.5. The van der Waals surface area contributed by atoms with Gasteiger partial charge in [0.1, 0.15) is 5.82 Å². The fraction of sp³-hybridized carbons (Fsp3) is 0.417. The molecule has 1 aliphatic rings. The van der Waals surface area contributed by atoms with Crippen LogP contribution in [0, 0.1) is 5.82 Å². The molecule has 0 saturated carbocycles. The van der Waals surface area contributed by atoms with E-state index in [1.165, 1.54) is 17.0 Å². The summed E-state index contributed by atoms with van der Waals surface area (Å²) in [4.78, 5) is 13.6. The van der Waals surface area contributed by atoms with Gasteiger partial charge in [-0.05, 0) is 31.5 Å². The molecule has 0 aliphatic carbocycles. The number of rotatable bonds is 1. The topological polar surface area (TPSA) is 40.5 Å². The lowest BCUT2D eigenvalue weighted by atomic mass is 10.1. The van der Waals surface area contributed by atoms with Gasteiger partial charge < -0.3 is 10.0 Å². The van der Waals surface area contributed by atoms with E-state index in [9.17, 15) is 14.3 Å². The van der Waals surface area contributed by atoms with Crippen LogP contribution in [0.3, 0.4) is 0 Å². The van der Waals surface area contributed by atoms with Crippen LogP contribution in [0.1, 0.15) is 23.7 Å². The van der Waals surface area contributed by atoms with Crippen molar-refractivity contribution in [3.05, 3.63) is 34.6 Å². The number of carbonyl (C=O) groups excluding carboxylic acids is 1. The molecule has 2 rings (SSSR count). The highest BCUT2D eigenvalue weighted by molar-refractivity contribution is 6.33. The van der Waals surface area contributed by atoms with E-state index in [2.05, 4.69) is 0 Å². The van der Waals surface area contributed by atoms with E-state index in [0.29, 0.717) is 13.0 Å². The molecule has 17 heavy (non-hydrogen) atoms. The number of β-amino-alcohol motifs (C(OH)–C–C–N with tert-alkyl or cyclic N) is 1. The highest BCUT2D eigenvalue weighted by Gasteiger charge is 2.34. The first-order valence-electron chi connectivity index (χ1n) is 5.36. The molecular formula is C12H13ClFNO2. The summed E-state index contributed by atoms with van der Waals surface area (Å²) in [6.07, 6.45) is 0.539. The predicted octanol–water partition coefficient (Wildman–Crippen LogP) is 2.08. The van der Waals surface area contributed by atoms with Crippen LogP contribution in [-0.2, 0) is 0 Å². The summed E-state index contributed by atoms with van der Waals surface area (Å²) in [7, 11) is 0. The number of carbonyl (C=O) groups is 1. The van der Waals surface area contributed by atoms with Gasteiger partial charge in [-0.2, -0.15) is 0 Å². The van der Waals surface area contributed by atoms with Gasteiger partial charge in [-0.25, -0.2) is 4.39 Å². The summed E-state index contributed by atoms with van der Waals surface area (Å²) >= 11 is 5.82. The second kappa shape index (κ2) is 4.27. The summed E-state index contributed by atoms with van der Waals surface area (Å²) in [5.74, 6) is -0.743. The first kappa shape index (κ1) is 12.3. The maximum atomic E-state index is 12.9. The Hall–Kier alpha value is -1.13. The van der Waals surface area contributed by atoms with Crippen molar-refractivity contribution in [3.8, 4) is 0 Å². The normalized spacial score (nSPS) is 24.1. The fourth-order valence-electron chi connectivity index (χ4n) is 1.95. The third kappa shape index (κ3) is 2.58. The van der Waals surface area contributed by atoms with Crippen LogP contribution < -0.4 is 0 Å². The summed E-state index contributed by atoms with van der Waals surface area (Å²) < 4.78 is 12.9. The van der Waals surface area contributed by atoms with E-state index in [4.69, 9.17) is 11.6 Å². The van der Waals surface area contributed by atoms with Crippen molar-refractivity contribution in [1.29, 1.82) is 0 Å². The fourth-order valence-corrected chi connectivity index (χ4v) is 2.20. The summed E-state index contributed by atoms with van der Waals surface area (Å²) in [5.41, 5.74) is -0.576. The maximum absolute atomic E-state index is 12.9.